The molecule has 0 spiro atoms. The molecule has 1 heterocycles. The maximum Gasteiger partial charge on any atom is 0.244 e. The van der Waals surface area contributed by atoms with Crippen molar-refractivity contribution in [3.05, 3.63) is 40.7 Å². The van der Waals surface area contributed by atoms with Crippen molar-refractivity contribution in [3.8, 4) is 0 Å². The summed E-state index contributed by atoms with van der Waals surface area (Å²) in [6, 6.07) is 4.21. The van der Waals surface area contributed by atoms with Crippen LogP contribution in [0, 0.1) is 5.82 Å². The number of hydrogen-bond acceptors (Lipinski definition) is 3. The maximum absolute atomic E-state index is 13.0. The van der Waals surface area contributed by atoms with E-state index in [4.69, 9.17) is 16.3 Å². The van der Waals surface area contributed by atoms with E-state index in [0.29, 0.717) is 31.6 Å². The van der Waals surface area contributed by atoms with Crippen molar-refractivity contribution in [2.24, 2.45) is 0 Å². The first-order valence-corrected chi connectivity index (χ1v) is 7.06. The Kier molecular flexibility index (Phi) is 5.33. The zero-order chi connectivity index (χ0) is 15.3. The van der Waals surface area contributed by atoms with E-state index in [1.54, 1.807) is 6.08 Å². The Hall–Kier alpha value is -1.43. The summed E-state index contributed by atoms with van der Waals surface area (Å²) < 4.78 is 18.3. The Morgan fingerprint density at radius 1 is 1.48 bits per heavy atom. The van der Waals surface area contributed by atoms with E-state index in [9.17, 15) is 14.3 Å². The number of amides is 1. The fourth-order valence-electron chi connectivity index (χ4n) is 2.18. The molecule has 1 aliphatic rings. The minimum Gasteiger partial charge on any atom is -0.394 e. The second-order valence-electron chi connectivity index (χ2n) is 5.05. The molecular formula is C15H17ClFNO3. The predicted octanol–water partition coefficient (Wildman–Crippen LogP) is 2.15. The predicted molar refractivity (Wildman–Crippen MR) is 78.5 cm³/mol. The standard InChI is InChI=1S/C15H17ClFNO3/c16-12-9-11(1-3-13(12)17)2-4-14(20)18-15(10-19)5-7-21-8-6-15/h1-4,9,19H,5-8,10H2,(H,18,20)/b4-2+. The van der Waals surface area contributed by atoms with Crippen molar-refractivity contribution < 1.29 is 19.0 Å². The highest BCUT2D eigenvalue weighted by Gasteiger charge is 2.32. The maximum atomic E-state index is 13.0. The van der Waals surface area contributed by atoms with Gasteiger partial charge >= 0.3 is 0 Å². The van der Waals surface area contributed by atoms with Gasteiger partial charge in [0.25, 0.3) is 0 Å². The molecule has 0 aromatic heterocycles. The molecule has 1 aliphatic heterocycles. The van der Waals surface area contributed by atoms with Crippen LogP contribution >= 0.6 is 11.6 Å². The Labute approximate surface area is 127 Å². The van der Waals surface area contributed by atoms with Crippen LogP contribution in [-0.2, 0) is 9.53 Å². The summed E-state index contributed by atoms with van der Waals surface area (Å²) in [5.74, 6) is -0.814. The van der Waals surface area contributed by atoms with Gasteiger partial charge in [0.1, 0.15) is 5.82 Å². The Balaban J connectivity index is 1.99. The van der Waals surface area contributed by atoms with Crippen LogP contribution < -0.4 is 5.32 Å². The van der Waals surface area contributed by atoms with E-state index in [0.717, 1.165) is 0 Å². The highest BCUT2D eigenvalue weighted by Crippen LogP contribution is 2.20. The summed E-state index contributed by atoms with van der Waals surface area (Å²) in [5, 5.41) is 12.3. The van der Waals surface area contributed by atoms with Crippen molar-refractivity contribution in [1.82, 2.24) is 5.32 Å². The molecule has 1 fully saturated rings. The Bertz CT molecular complexity index is 542. The van der Waals surface area contributed by atoms with Gasteiger partial charge in [0.15, 0.2) is 0 Å². The molecule has 1 saturated heterocycles. The fraction of sp³-hybridized carbons (Fsp3) is 0.400. The second kappa shape index (κ2) is 7.02. The van der Waals surface area contributed by atoms with Gasteiger partial charge in [-0.2, -0.15) is 0 Å². The number of carbonyl (C=O) groups excluding carboxylic acids is 1. The zero-order valence-corrected chi connectivity index (χ0v) is 12.2. The number of hydrogen-bond donors (Lipinski definition) is 2. The number of nitrogens with one attached hydrogen (secondary N) is 1. The van der Waals surface area contributed by atoms with Crippen LogP contribution in [0.1, 0.15) is 18.4 Å². The highest BCUT2D eigenvalue weighted by molar-refractivity contribution is 6.30. The fourth-order valence-corrected chi connectivity index (χ4v) is 2.36. The van der Waals surface area contributed by atoms with Gasteiger partial charge in [-0.05, 0) is 36.6 Å². The second-order valence-corrected chi connectivity index (χ2v) is 5.45. The summed E-state index contributed by atoms with van der Waals surface area (Å²) in [6.45, 7) is 0.897. The number of aliphatic hydroxyl groups is 1. The first-order valence-electron chi connectivity index (χ1n) is 6.69. The molecule has 0 atom stereocenters. The first-order chi connectivity index (χ1) is 10.0. The molecular weight excluding hydrogens is 297 g/mol. The third-order valence-corrected chi connectivity index (χ3v) is 3.80. The molecule has 21 heavy (non-hydrogen) atoms. The van der Waals surface area contributed by atoms with Crippen LogP contribution in [0.5, 0.6) is 0 Å². The van der Waals surface area contributed by atoms with Crippen molar-refractivity contribution in [2.45, 2.75) is 18.4 Å². The van der Waals surface area contributed by atoms with Crippen molar-refractivity contribution in [3.63, 3.8) is 0 Å². The number of carbonyl (C=O) groups is 1. The normalized spacial score (nSPS) is 17.9. The molecule has 0 unspecified atom stereocenters. The Morgan fingerprint density at radius 3 is 2.81 bits per heavy atom. The lowest BCUT2D eigenvalue weighted by molar-refractivity contribution is -0.120. The SMILES string of the molecule is O=C(/C=C/c1ccc(F)c(Cl)c1)NC1(CO)CCOCC1. The first kappa shape index (κ1) is 15.9. The number of ether oxygens (including phenoxy) is 1. The Morgan fingerprint density at radius 2 is 2.19 bits per heavy atom. The highest BCUT2D eigenvalue weighted by atomic mass is 35.5. The number of benzene rings is 1. The van der Waals surface area contributed by atoms with Gasteiger partial charge < -0.3 is 15.2 Å². The van der Waals surface area contributed by atoms with Gasteiger partial charge in [-0.25, -0.2) is 4.39 Å². The molecule has 0 saturated carbocycles. The molecule has 4 nitrogen and oxygen atoms in total. The zero-order valence-electron chi connectivity index (χ0n) is 11.4. The van der Waals surface area contributed by atoms with Gasteiger partial charge in [-0.15, -0.1) is 0 Å². The lowest BCUT2D eigenvalue weighted by Crippen LogP contribution is -2.54. The smallest absolute Gasteiger partial charge is 0.244 e. The minimum atomic E-state index is -0.625. The third kappa shape index (κ3) is 4.27. The van der Waals surface area contributed by atoms with Crippen LogP contribution in [-0.4, -0.2) is 36.4 Å². The molecule has 6 heteroatoms. The van der Waals surface area contributed by atoms with E-state index in [1.165, 1.54) is 24.3 Å². The minimum absolute atomic E-state index is 0.00816. The van der Waals surface area contributed by atoms with Crippen molar-refractivity contribution in [2.75, 3.05) is 19.8 Å². The van der Waals surface area contributed by atoms with Crippen LogP contribution in [0.15, 0.2) is 24.3 Å². The van der Waals surface area contributed by atoms with E-state index >= 15 is 0 Å². The summed E-state index contributed by atoms with van der Waals surface area (Å²) in [6.07, 6.45) is 4.04. The monoisotopic (exact) mass is 313 g/mol. The molecule has 1 aromatic carbocycles. The van der Waals surface area contributed by atoms with Crippen LogP contribution in [0.2, 0.25) is 5.02 Å². The molecule has 0 bridgehead atoms. The lowest BCUT2D eigenvalue weighted by Gasteiger charge is -2.35. The molecule has 0 aliphatic carbocycles. The van der Waals surface area contributed by atoms with E-state index in [-0.39, 0.29) is 17.5 Å². The van der Waals surface area contributed by atoms with Gasteiger partial charge in [-0.3, -0.25) is 4.79 Å². The van der Waals surface area contributed by atoms with Gasteiger partial charge in [0.05, 0.1) is 17.2 Å². The van der Waals surface area contributed by atoms with Gasteiger partial charge in [0.2, 0.25) is 5.91 Å². The quantitative estimate of drug-likeness (QED) is 0.837. The molecule has 114 valence electrons. The van der Waals surface area contributed by atoms with Crippen molar-refractivity contribution >= 4 is 23.6 Å². The van der Waals surface area contributed by atoms with E-state index in [1.807, 2.05) is 0 Å². The van der Waals surface area contributed by atoms with Crippen LogP contribution in [0.3, 0.4) is 0 Å². The average molecular weight is 314 g/mol. The number of aliphatic hydroxyl groups excluding tert-OH is 1. The summed E-state index contributed by atoms with van der Waals surface area (Å²) >= 11 is 5.67. The van der Waals surface area contributed by atoms with E-state index < -0.39 is 11.4 Å². The largest absolute Gasteiger partial charge is 0.394 e. The summed E-state index contributed by atoms with van der Waals surface area (Å²) in [7, 11) is 0. The summed E-state index contributed by atoms with van der Waals surface area (Å²) in [5.41, 5.74) is 0.00157. The lowest BCUT2D eigenvalue weighted by atomic mass is 9.91. The van der Waals surface area contributed by atoms with E-state index in [2.05, 4.69) is 5.32 Å². The molecule has 1 aromatic rings. The van der Waals surface area contributed by atoms with Gasteiger partial charge in [0, 0.05) is 19.3 Å². The molecule has 2 N–H and O–H groups in total. The van der Waals surface area contributed by atoms with Gasteiger partial charge in [-0.1, -0.05) is 17.7 Å². The molecule has 0 radical (unpaired) electrons. The molecule has 2 rings (SSSR count). The van der Waals surface area contributed by atoms with Crippen LogP contribution in [0.25, 0.3) is 6.08 Å². The number of rotatable bonds is 4. The third-order valence-electron chi connectivity index (χ3n) is 3.51. The topological polar surface area (TPSA) is 58.6 Å². The van der Waals surface area contributed by atoms with Crippen molar-refractivity contribution in [1.29, 1.82) is 0 Å². The van der Waals surface area contributed by atoms with Crippen LogP contribution in [0.4, 0.5) is 4.39 Å². The number of halogens is 2. The average Bonchev–Trinajstić information content (AvgIpc) is 2.49. The molecule has 1 amide bonds. The summed E-state index contributed by atoms with van der Waals surface area (Å²) in [4.78, 5) is 11.9.